The Bertz CT molecular complexity index is 930. The molecule has 0 spiro atoms. The Morgan fingerprint density at radius 1 is 1.26 bits per heavy atom. The largest absolute Gasteiger partial charge is 0.508 e. The number of morpholine rings is 1. The average Bonchev–Trinajstić information content (AvgIpc) is 2.67. The minimum atomic E-state index is -0.625. The van der Waals surface area contributed by atoms with Gasteiger partial charge in [-0.05, 0) is 56.3 Å². The minimum Gasteiger partial charge on any atom is -0.508 e. The molecule has 0 aromatic heterocycles. The lowest BCUT2D eigenvalue weighted by molar-refractivity contribution is -0.151. The number of hydrogen-bond acceptors (Lipinski definition) is 5. The standard InChI is InChI=1S/C21H20N2O4/c1-21(2)19-18(16-11-13(12-22)3-8-17(16)27-21)23(9-10-26-19)20(25)14-4-6-15(24)7-5-14/h3-8,11,18-19,24H,9-10H2,1-2H3/t18-,19-/m1/s1. The molecule has 0 unspecified atom stereocenters. The summed E-state index contributed by atoms with van der Waals surface area (Å²) in [5.41, 5.74) is 1.17. The van der Waals surface area contributed by atoms with Crippen molar-refractivity contribution in [2.24, 2.45) is 0 Å². The van der Waals surface area contributed by atoms with Crippen molar-refractivity contribution in [2.75, 3.05) is 13.2 Å². The lowest BCUT2D eigenvalue weighted by Crippen LogP contribution is -2.59. The molecule has 6 nitrogen and oxygen atoms in total. The number of aromatic hydroxyl groups is 1. The first kappa shape index (κ1) is 17.4. The molecule has 0 bridgehead atoms. The number of benzene rings is 2. The van der Waals surface area contributed by atoms with E-state index in [9.17, 15) is 15.2 Å². The molecule has 2 aromatic rings. The van der Waals surface area contributed by atoms with Crippen molar-refractivity contribution in [1.29, 1.82) is 5.26 Å². The van der Waals surface area contributed by atoms with Crippen LogP contribution in [0.2, 0.25) is 0 Å². The summed E-state index contributed by atoms with van der Waals surface area (Å²) in [4.78, 5) is 15.0. The van der Waals surface area contributed by atoms with Crippen LogP contribution in [0.5, 0.6) is 11.5 Å². The van der Waals surface area contributed by atoms with Gasteiger partial charge in [-0.25, -0.2) is 0 Å². The summed E-state index contributed by atoms with van der Waals surface area (Å²) in [5.74, 6) is 0.635. The highest BCUT2D eigenvalue weighted by molar-refractivity contribution is 5.94. The van der Waals surface area contributed by atoms with Gasteiger partial charge in [-0.15, -0.1) is 0 Å². The van der Waals surface area contributed by atoms with Gasteiger partial charge in [0, 0.05) is 17.7 Å². The molecule has 2 aliphatic heterocycles. The highest BCUT2D eigenvalue weighted by atomic mass is 16.6. The first-order valence-corrected chi connectivity index (χ1v) is 8.85. The maximum atomic E-state index is 13.2. The number of nitriles is 1. The normalized spacial score (nSPS) is 22.8. The number of carbonyl (C=O) groups is 1. The molecule has 2 aromatic carbocycles. The Kier molecular flexibility index (Phi) is 4.05. The summed E-state index contributed by atoms with van der Waals surface area (Å²) >= 11 is 0. The Balaban J connectivity index is 1.80. The van der Waals surface area contributed by atoms with Crippen LogP contribution in [0.25, 0.3) is 0 Å². The summed E-state index contributed by atoms with van der Waals surface area (Å²) in [5, 5.41) is 18.8. The fourth-order valence-electron chi connectivity index (χ4n) is 3.86. The topological polar surface area (TPSA) is 82.8 Å². The zero-order chi connectivity index (χ0) is 19.2. The molecule has 1 N–H and O–H groups in total. The van der Waals surface area contributed by atoms with Gasteiger partial charge in [-0.1, -0.05) is 0 Å². The lowest BCUT2D eigenvalue weighted by Gasteiger charge is -2.51. The Morgan fingerprint density at radius 2 is 2.00 bits per heavy atom. The molecule has 138 valence electrons. The second-order valence-electron chi connectivity index (χ2n) is 7.35. The Hall–Kier alpha value is -3.04. The molecule has 1 amide bonds. The van der Waals surface area contributed by atoms with Crippen LogP contribution in [-0.4, -0.2) is 40.8 Å². The summed E-state index contributed by atoms with van der Waals surface area (Å²) in [6.07, 6.45) is -0.353. The first-order valence-electron chi connectivity index (χ1n) is 8.85. The number of carbonyl (C=O) groups excluding carboxylic acids is 1. The maximum absolute atomic E-state index is 13.2. The number of phenols is 1. The predicted molar refractivity (Wildman–Crippen MR) is 97.5 cm³/mol. The van der Waals surface area contributed by atoms with Gasteiger partial charge in [-0.2, -0.15) is 5.26 Å². The molecule has 0 aliphatic carbocycles. The van der Waals surface area contributed by atoms with Gasteiger partial charge >= 0.3 is 0 Å². The van der Waals surface area contributed by atoms with Gasteiger partial charge in [0.2, 0.25) is 0 Å². The lowest BCUT2D eigenvalue weighted by atomic mass is 9.83. The molecule has 27 heavy (non-hydrogen) atoms. The zero-order valence-corrected chi connectivity index (χ0v) is 15.2. The van der Waals surface area contributed by atoms with Gasteiger partial charge in [-0.3, -0.25) is 4.79 Å². The monoisotopic (exact) mass is 364 g/mol. The van der Waals surface area contributed by atoms with Crippen LogP contribution in [0.3, 0.4) is 0 Å². The summed E-state index contributed by atoms with van der Waals surface area (Å²) in [6.45, 7) is 4.74. The van der Waals surface area contributed by atoms with E-state index in [1.54, 1.807) is 35.2 Å². The number of ether oxygens (including phenoxy) is 2. The molecule has 4 rings (SSSR count). The van der Waals surface area contributed by atoms with Crippen LogP contribution in [0, 0.1) is 11.3 Å². The Labute approximate surface area is 157 Å². The third kappa shape index (κ3) is 2.90. The third-order valence-electron chi connectivity index (χ3n) is 5.14. The van der Waals surface area contributed by atoms with E-state index in [1.807, 2.05) is 13.8 Å². The number of fused-ring (bicyclic) bond motifs is 3. The second kappa shape index (κ2) is 6.29. The van der Waals surface area contributed by atoms with E-state index in [1.165, 1.54) is 12.1 Å². The van der Waals surface area contributed by atoms with Crippen LogP contribution in [0.4, 0.5) is 0 Å². The highest BCUT2D eigenvalue weighted by Crippen LogP contribution is 2.46. The second-order valence-corrected chi connectivity index (χ2v) is 7.35. The fourth-order valence-corrected chi connectivity index (χ4v) is 3.86. The predicted octanol–water partition coefficient (Wildman–Crippen LogP) is 3.02. The van der Waals surface area contributed by atoms with E-state index >= 15 is 0 Å². The SMILES string of the molecule is CC1(C)Oc2ccc(C#N)cc2[C@@H]2[C@H]1OCCN2C(=O)c1ccc(O)cc1. The van der Waals surface area contributed by atoms with Gasteiger partial charge in [0.25, 0.3) is 5.91 Å². The Morgan fingerprint density at radius 3 is 2.70 bits per heavy atom. The molecule has 2 heterocycles. The number of nitrogens with zero attached hydrogens (tertiary/aromatic N) is 2. The molecule has 0 saturated carbocycles. The van der Waals surface area contributed by atoms with E-state index < -0.39 is 5.60 Å². The molecule has 2 aliphatic rings. The zero-order valence-electron chi connectivity index (χ0n) is 15.2. The summed E-state index contributed by atoms with van der Waals surface area (Å²) in [7, 11) is 0. The first-order chi connectivity index (χ1) is 12.9. The van der Waals surface area contributed by atoms with Crippen molar-refractivity contribution < 1.29 is 19.4 Å². The quantitative estimate of drug-likeness (QED) is 0.841. The number of amides is 1. The van der Waals surface area contributed by atoms with Gasteiger partial charge in [0.15, 0.2) is 0 Å². The third-order valence-corrected chi connectivity index (χ3v) is 5.14. The van der Waals surface area contributed by atoms with Crippen LogP contribution < -0.4 is 4.74 Å². The van der Waals surface area contributed by atoms with E-state index in [2.05, 4.69) is 6.07 Å². The molecule has 0 radical (unpaired) electrons. The average molecular weight is 364 g/mol. The van der Waals surface area contributed by atoms with Crippen LogP contribution in [0.1, 0.15) is 41.4 Å². The van der Waals surface area contributed by atoms with E-state index in [-0.39, 0.29) is 23.8 Å². The van der Waals surface area contributed by atoms with Crippen molar-refractivity contribution in [3.8, 4) is 17.6 Å². The van der Waals surface area contributed by atoms with Crippen molar-refractivity contribution in [3.63, 3.8) is 0 Å². The van der Waals surface area contributed by atoms with Crippen LogP contribution in [-0.2, 0) is 4.74 Å². The smallest absolute Gasteiger partial charge is 0.254 e. The highest BCUT2D eigenvalue weighted by Gasteiger charge is 2.50. The summed E-state index contributed by atoms with van der Waals surface area (Å²) < 4.78 is 12.2. The van der Waals surface area contributed by atoms with Crippen molar-refractivity contribution >= 4 is 5.91 Å². The van der Waals surface area contributed by atoms with E-state index in [0.717, 1.165) is 5.56 Å². The van der Waals surface area contributed by atoms with Crippen molar-refractivity contribution in [2.45, 2.75) is 31.6 Å². The number of phenolic OH excluding ortho intramolecular Hbond substituents is 1. The summed E-state index contributed by atoms with van der Waals surface area (Å²) in [6, 6.07) is 13.3. The maximum Gasteiger partial charge on any atom is 0.254 e. The molecule has 2 atom stereocenters. The molecule has 6 heteroatoms. The minimum absolute atomic E-state index is 0.114. The van der Waals surface area contributed by atoms with Gasteiger partial charge in [0.1, 0.15) is 23.2 Å². The van der Waals surface area contributed by atoms with E-state index in [4.69, 9.17) is 9.47 Å². The van der Waals surface area contributed by atoms with Crippen LogP contribution >= 0.6 is 0 Å². The number of hydrogen-bond donors (Lipinski definition) is 1. The number of rotatable bonds is 1. The van der Waals surface area contributed by atoms with Crippen LogP contribution in [0.15, 0.2) is 42.5 Å². The molecule has 1 fully saturated rings. The van der Waals surface area contributed by atoms with Gasteiger partial charge < -0.3 is 19.5 Å². The fraction of sp³-hybridized carbons (Fsp3) is 0.333. The van der Waals surface area contributed by atoms with Crippen molar-refractivity contribution in [1.82, 2.24) is 4.90 Å². The van der Waals surface area contributed by atoms with E-state index in [0.29, 0.717) is 30.0 Å². The molecular weight excluding hydrogens is 344 g/mol. The molecular formula is C21H20N2O4. The molecule has 1 saturated heterocycles. The van der Waals surface area contributed by atoms with Gasteiger partial charge in [0.05, 0.1) is 24.3 Å². The van der Waals surface area contributed by atoms with Crippen molar-refractivity contribution in [3.05, 3.63) is 59.2 Å².